The van der Waals surface area contributed by atoms with Crippen LogP contribution in [0.2, 0.25) is 5.02 Å². The van der Waals surface area contributed by atoms with Gasteiger partial charge < -0.3 is 20.1 Å². The molecule has 0 unspecified atom stereocenters. The number of carbonyl (C=O) groups is 1. The van der Waals surface area contributed by atoms with E-state index in [0.717, 1.165) is 28.5 Å². The number of benzene rings is 2. The number of nitrogens with zero attached hydrogens (tertiary/aromatic N) is 3. The Morgan fingerprint density at radius 3 is 2.56 bits per heavy atom. The first-order valence-electron chi connectivity index (χ1n) is 10.8. The van der Waals surface area contributed by atoms with Gasteiger partial charge in [0.15, 0.2) is 5.11 Å². The molecule has 2 aromatic carbocycles. The minimum Gasteiger partial charge on any atom is -0.351 e. The number of rotatable bonds is 5. The third-order valence-electron chi connectivity index (χ3n) is 5.73. The van der Waals surface area contributed by atoms with E-state index in [1.807, 2.05) is 79.0 Å². The molecule has 6 nitrogen and oxygen atoms in total. The number of amides is 1. The van der Waals surface area contributed by atoms with Crippen molar-refractivity contribution in [2.24, 2.45) is 0 Å². The SMILES string of the molecule is CC(=O)Nc1ccc(N2C(=S)N[C@@H](c3ccccn3)[C@H]2c2cccn2-c2cccc(Cl)c2)cc1. The first kappa shape index (κ1) is 22.1. The molecule has 1 aliphatic heterocycles. The van der Waals surface area contributed by atoms with Gasteiger partial charge in [-0.05, 0) is 78.9 Å². The van der Waals surface area contributed by atoms with Crippen molar-refractivity contribution in [1.82, 2.24) is 14.9 Å². The number of halogens is 1. The quantitative estimate of drug-likeness (QED) is 0.355. The van der Waals surface area contributed by atoms with Crippen molar-refractivity contribution in [3.63, 3.8) is 0 Å². The van der Waals surface area contributed by atoms with Crippen LogP contribution in [-0.2, 0) is 4.79 Å². The molecular formula is C26H22ClN5OS. The maximum Gasteiger partial charge on any atom is 0.221 e. The molecule has 0 radical (unpaired) electrons. The van der Waals surface area contributed by atoms with Crippen LogP contribution in [0.15, 0.2) is 91.3 Å². The molecule has 1 fully saturated rings. The fourth-order valence-electron chi connectivity index (χ4n) is 4.34. The number of thiocarbonyl (C=S) groups is 1. The highest BCUT2D eigenvalue weighted by molar-refractivity contribution is 7.80. The van der Waals surface area contributed by atoms with Crippen LogP contribution in [0.5, 0.6) is 0 Å². The van der Waals surface area contributed by atoms with Crippen molar-refractivity contribution in [3.8, 4) is 5.69 Å². The van der Waals surface area contributed by atoms with Gasteiger partial charge >= 0.3 is 0 Å². The van der Waals surface area contributed by atoms with Gasteiger partial charge in [-0.3, -0.25) is 9.78 Å². The van der Waals surface area contributed by atoms with Gasteiger partial charge in [0.05, 0.1) is 11.7 Å². The van der Waals surface area contributed by atoms with E-state index in [2.05, 4.69) is 31.2 Å². The zero-order valence-electron chi connectivity index (χ0n) is 18.4. The zero-order valence-corrected chi connectivity index (χ0v) is 19.9. The van der Waals surface area contributed by atoms with Crippen molar-refractivity contribution in [3.05, 3.63) is 108 Å². The van der Waals surface area contributed by atoms with Gasteiger partial charge in [0.25, 0.3) is 0 Å². The molecule has 1 saturated heterocycles. The average Bonchev–Trinajstić information content (AvgIpc) is 3.44. The molecular weight excluding hydrogens is 466 g/mol. The van der Waals surface area contributed by atoms with Gasteiger partial charge in [-0.25, -0.2) is 0 Å². The van der Waals surface area contributed by atoms with E-state index in [-0.39, 0.29) is 18.0 Å². The molecule has 2 N–H and O–H groups in total. The van der Waals surface area contributed by atoms with E-state index in [9.17, 15) is 4.79 Å². The minimum absolute atomic E-state index is 0.112. The van der Waals surface area contributed by atoms with E-state index in [1.165, 1.54) is 6.92 Å². The summed E-state index contributed by atoms with van der Waals surface area (Å²) in [6.07, 6.45) is 3.81. The van der Waals surface area contributed by atoms with Crippen LogP contribution in [0.4, 0.5) is 11.4 Å². The van der Waals surface area contributed by atoms with E-state index in [4.69, 9.17) is 23.8 Å². The van der Waals surface area contributed by atoms with Crippen LogP contribution in [0.3, 0.4) is 0 Å². The lowest BCUT2D eigenvalue weighted by atomic mass is 10.0. The van der Waals surface area contributed by atoms with Gasteiger partial charge in [-0.2, -0.15) is 0 Å². The molecule has 34 heavy (non-hydrogen) atoms. The van der Waals surface area contributed by atoms with Crippen molar-refractivity contribution >= 4 is 46.2 Å². The molecule has 0 aliphatic carbocycles. The fourth-order valence-corrected chi connectivity index (χ4v) is 4.87. The molecule has 8 heteroatoms. The van der Waals surface area contributed by atoms with E-state index in [1.54, 1.807) is 6.20 Å². The average molecular weight is 488 g/mol. The van der Waals surface area contributed by atoms with Crippen LogP contribution < -0.4 is 15.5 Å². The van der Waals surface area contributed by atoms with Gasteiger partial charge in [0.1, 0.15) is 6.04 Å². The number of carbonyl (C=O) groups excluding carboxylic acids is 1. The first-order valence-corrected chi connectivity index (χ1v) is 11.6. The van der Waals surface area contributed by atoms with Crippen LogP contribution in [-0.4, -0.2) is 20.6 Å². The number of anilines is 2. The van der Waals surface area contributed by atoms with Gasteiger partial charge in [0.2, 0.25) is 5.91 Å². The van der Waals surface area contributed by atoms with Crippen molar-refractivity contribution in [1.29, 1.82) is 0 Å². The Kier molecular flexibility index (Phi) is 6.04. The summed E-state index contributed by atoms with van der Waals surface area (Å²) < 4.78 is 2.13. The maximum atomic E-state index is 11.4. The molecule has 0 bridgehead atoms. The number of hydrogen-bond donors (Lipinski definition) is 2. The summed E-state index contributed by atoms with van der Waals surface area (Å²) in [7, 11) is 0. The molecule has 1 amide bonds. The van der Waals surface area contributed by atoms with Crippen LogP contribution in [0, 0.1) is 0 Å². The first-order chi connectivity index (χ1) is 16.5. The summed E-state index contributed by atoms with van der Waals surface area (Å²) in [5, 5.41) is 7.56. The van der Waals surface area contributed by atoms with Crippen molar-refractivity contribution < 1.29 is 4.79 Å². The van der Waals surface area contributed by atoms with Gasteiger partial charge in [0, 0.05) is 47.1 Å². The maximum absolute atomic E-state index is 11.4. The monoisotopic (exact) mass is 487 g/mol. The normalized spacial score (nSPS) is 17.5. The molecule has 170 valence electrons. The van der Waals surface area contributed by atoms with Crippen molar-refractivity contribution in [2.45, 2.75) is 19.0 Å². The fraction of sp³-hybridized carbons (Fsp3) is 0.115. The summed E-state index contributed by atoms with van der Waals surface area (Å²) >= 11 is 12.1. The Morgan fingerprint density at radius 1 is 1.03 bits per heavy atom. The molecule has 5 rings (SSSR count). The second-order valence-corrected chi connectivity index (χ2v) is 8.83. The third-order valence-corrected chi connectivity index (χ3v) is 6.28. The highest BCUT2D eigenvalue weighted by Crippen LogP contribution is 2.42. The lowest BCUT2D eigenvalue weighted by Crippen LogP contribution is -2.30. The highest BCUT2D eigenvalue weighted by Gasteiger charge is 2.42. The van der Waals surface area contributed by atoms with Crippen LogP contribution in [0.25, 0.3) is 5.69 Å². The Morgan fingerprint density at radius 2 is 1.85 bits per heavy atom. The van der Waals surface area contributed by atoms with Gasteiger partial charge in [-0.15, -0.1) is 0 Å². The topological polar surface area (TPSA) is 62.2 Å². The van der Waals surface area contributed by atoms with Crippen LogP contribution in [0.1, 0.15) is 30.4 Å². The van der Waals surface area contributed by atoms with E-state index >= 15 is 0 Å². The summed E-state index contributed by atoms with van der Waals surface area (Å²) in [6, 6.07) is 25.1. The smallest absolute Gasteiger partial charge is 0.221 e. The highest BCUT2D eigenvalue weighted by atomic mass is 35.5. The molecule has 0 spiro atoms. The Labute approximate surface area is 208 Å². The summed E-state index contributed by atoms with van der Waals surface area (Å²) in [4.78, 5) is 18.2. The van der Waals surface area contributed by atoms with E-state index in [0.29, 0.717) is 10.1 Å². The number of aromatic nitrogens is 2. The third kappa shape index (κ3) is 4.27. The molecule has 4 aromatic rings. The molecule has 3 heterocycles. The lowest BCUT2D eigenvalue weighted by molar-refractivity contribution is -0.114. The van der Waals surface area contributed by atoms with Crippen molar-refractivity contribution in [2.75, 3.05) is 10.2 Å². The van der Waals surface area contributed by atoms with Crippen LogP contribution >= 0.6 is 23.8 Å². The zero-order chi connectivity index (χ0) is 23.7. The molecule has 2 atom stereocenters. The minimum atomic E-state index is -0.178. The second kappa shape index (κ2) is 9.29. The Hall–Kier alpha value is -3.68. The Bertz CT molecular complexity index is 1340. The summed E-state index contributed by atoms with van der Waals surface area (Å²) in [6.45, 7) is 1.49. The lowest BCUT2D eigenvalue weighted by Gasteiger charge is -2.29. The summed E-state index contributed by atoms with van der Waals surface area (Å²) in [5.74, 6) is -0.112. The standard InChI is InChI=1S/C26H22ClN5OS/c1-17(33)29-19-10-12-20(13-11-19)32-25(24(30-26(32)34)22-8-2-3-14-28-22)23-9-5-15-31(23)21-7-4-6-18(27)16-21/h2-16,24-25H,1H3,(H,29,33)(H,30,34)/t24-,25+/m0/s1. The summed E-state index contributed by atoms with van der Waals surface area (Å²) in [5.41, 5.74) is 4.54. The molecule has 0 saturated carbocycles. The molecule has 2 aromatic heterocycles. The van der Waals surface area contributed by atoms with Gasteiger partial charge in [-0.1, -0.05) is 23.7 Å². The number of pyridine rings is 1. The Balaban J connectivity index is 1.62. The second-order valence-electron chi connectivity index (χ2n) is 8.01. The van der Waals surface area contributed by atoms with E-state index < -0.39 is 0 Å². The predicted octanol–water partition coefficient (Wildman–Crippen LogP) is 5.66. The predicted molar refractivity (Wildman–Crippen MR) is 139 cm³/mol. The number of nitrogens with one attached hydrogen (secondary N) is 2. The number of hydrogen-bond acceptors (Lipinski definition) is 3. The largest absolute Gasteiger partial charge is 0.351 e. The molecule has 1 aliphatic rings.